The van der Waals surface area contributed by atoms with Crippen LogP contribution in [0.25, 0.3) is 10.8 Å². The van der Waals surface area contributed by atoms with Gasteiger partial charge in [-0.05, 0) is 74.5 Å². The Bertz CT molecular complexity index is 1580. The minimum atomic E-state index is -4.27. The van der Waals surface area contributed by atoms with Crippen LogP contribution in [0.2, 0.25) is 0 Å². The number of hydrogen-bond donors (Lipinski definition) is 0. The highest BCUT2D eigenvalue weighted by Crippen LogP contribution is 2.49. The molecule has 0 aromatic heterocycles. The molecule has 3 aromatic carbocycles. The van der Waals surface area contributed by atoms with Crippen LogP contribution in [0.5, 0.6) is 0 Å². The number of nitrogens with zero attached hydrogens (tertiary/aromatic N) is 2. The summed E-state index contributed by atoms with van der Waals surface area (Å²) in [6.45, 7) is 7.62. The fourth-order valence-electron chi connectivity index (χ4n) is 4.10. The van der Waals surface area contributed by atoms with Gasteiger partial charge < -0.3 is 9.45 Å². The summed E-state index contributed by atoms with van der Waals surface area (Å²) in [6.07, 6.45) is 6.10. The molecule has 10 heteroatoms. The van der Waals surface area contributed by atoms with Crippen LogP contribution in [-0.2, 0) is 14.9 Å². The van der Waals surface area contributed by atoms with Gasteiger partial charge in [-0.2, -0.15) is 0 Å². The number of fused-ring (bicyclic) bond motifs is 3. The maximum Gasteiger partial charge on any atom is 0.427 e. The molecule has 0 fully saturated rings. The van der Waals surface area contributed by atoms with Crippen LogP contribution in [0.15, 0.2) is 92.5 Å². The maximum atomic E-state index is 12.6. The second kappa shape index (κ2) is 12.1. The number of anilines is 1. The Morgan fingerprint density at radius 3 is 2.32 bits per heavy atom. The van der Waals surface area contributed by atoms with Crippen molar-refractivity contribution in [2.45, 2.75) is 30.6 Å². The number of likely N-dealkylation sites (N-methyl/N-ethyl adjacent to an activating group) is 1. The van der Waals surface area contributed by atoms with E-state index in [-0.39, 0.29) is 10.8 Å². The van der Waals surface area contributed by atoms with Crippen LogP contribution < -0.4 is 4.90 Å². The number of thioether (sulfide) groups is 3. The third-order valence-electron chi connectivity index (χ3n) is 5.98. The van der Waals surface area contributed by atoms with E-state index >= 15 is 0 Å². The molecular weight excluding hydrogens is 557 g/mol. The Hall–Kier alpha value is -2.50. The van der Waals surface area contributed by atoms with Gasteiger partial charge in [0.1, 0.15) is 15.0 Å². The highest BCUT2D eigenvalue weighted by Gasteiger charge is 2.36. The molecule has 0 atom stereocenters. The van der Waals surface area contributed by atoms with Crippen molar-refractivity contribution in [2.24, 2.45) is 0 Å². The first-order valence-electron chi connectivity index (χ1n) is 12.0. The molecule has 6 nitrogen and oxygen atoms in total. The SMILES string of the molecule is CCN1/C(=C/C=C2\SC(SC)=[N+](CC)C2=O)Sc2ccc3ccccc3c21.Cc1ccc(S(=O)(=O)[O-])cc1. The van der Waals surface area contributed by atoms with E-state index in [4.69, 9.17) is 0 Å². The van der Waals surface area contributed by atoms with E-state index in [0.717, 1.165) is 21.4 Å². The Morgan fingerprint density at radius 2 is 1.71 bits per heavy atom. The molecule has 2 heterocycles. The minimum Gasteiger partial charge on any atom is -0.744 e. The van der Waals surface area contributed by atoms with Gasteiger partial charge in [0, 0.05) is 16.8 Å². The smallest absolute Gasteiger partial charge is 0.427 e. The third kappa shape index (κ3) is 6.05. The summed E-state index contributed by atoms with van der Waals surface area (Å²) in [4.78, 5) is 16.9. The van der Waals surface area contributed by atoms with E-state index < -0.39 is 10.1 Å². The Kier molecular flexibility index (Phi) is 9.10. The second-order valence-corrected chi connectivity index (χ2v) is 12.9. The predicted molar refractivity (Wildman–Crippen MR) is 160 cm³/mol. The lowest BCUT2D eigenvalue weighted by molar-refractivity contribution is -0.433. The van der Waals surface area contributed by atoms with Crippen LogP contribution in [0, 0.1) is 6.92 Å². The van der Waals surface area contributed by atoms with E-state index in [2.05, 4.69) is 54.3 Å². The largest absolute Gasteiger partial charge is 0.744 e. The number of amides is 1. The van der Waals surface area contributed by atoms with Crippen molar-refractivity contribution in [3.05, 3.63) is 88.3 Å². The third-order valence-corrected chi connectivity index (χ3v) is 10.2. The van der Waals surface area contributed by atoms with E-state index in [1.165, 1.54) is 38.5 Å². The molecule has 2 aliphatic heterocycles. The summed E-state index contributed by atoms with van der Waals surface area (Å²) in [6, 6.07) is 18.7. The molecule has 38 heavy (non-hydrogen) atoms. The first-order chi connectivity index (χ1) is 18.2. The summed E-state index contributed by atoms with van der Waals surface area (Å²) in [5.74, 6) is 0.109. The van der Waals surface area contributed by atoms with Crippen molar-refractivity contribution in [3.63, 3.8) is 0 Å². The normalized spacial score (nSPS) is 17.4. The lowest BCUT2D eigenvalue weighted by Gasteiger charge is -2.19. The number of carbonyl (C=O) groups excluding carboxylic acids is 1. The fourth-order valence-corrected chi connectivity index (χ4v) is 7.60. The van der Waals surface area contributed by atoms with Crippen LogP contribution in [0.4, 0.5) is 5.69 Å². The number of hydrogen-bond acceptors (Lipinski definition) is 8. The monoisotopic (exact) mass is 584 g/mol. The predicted octanol–water partition coefficient (Wildman–Crippen LogP) is 6.42. The van der Waals surface area contributed by atoms with Crippen molar-refractivity contribution < 1.29 is 22.3 Å². The molecule has 0 radical (unpaired) electrons. The first kappa shape index (κ1) is 28.5. The molecule has 3 aromatic rings. The standard InChI is InChI=1S/C21H21N2OS3.C7H8O3S/c1-4-22-18(13-12-17-20(24)23(5-2)21(25-3)27-17)26-16-11-10-14-8-6-7-9-15(14)19(16)22;1-6-2-4-7(5-3-6)11(8,9)10/h6-13H,4-5H2,1-3H3;2-5H,1H3,(H,8,9,10)/q+1;/p-1/b17-12-,18-13-;. The van der Waals surface area contributed by atoms with Crippen LogP contribution >= 0.6 is 35.3 Å². The van der Waals surface area contributed by atoms with Crippen LogP contribution in [-0.4, -0.2) is 47.2 Å². The van der Waals surface area contributed by atoms with Crippen LogP contribution in [0.3, 0.4) is 0 Å². The molecular formula is C28H28N2O4S4. The van der Waals surface area contributed by atoms with E-state index in [9.17, 15) is 17.8 Å². The molecule has 5 rings (SSSR count). The Morgan fingerprint density at radius 1 is 1.00 bits per heavy atom. The topological polar surface area (TPSA) is 80.5 Å². The van der Waals surface area contributed by atoms with Gasteiger partial charge in [0.2, 0.25) is 0 Å². The molecule has 198 valence electrons. The number of aryl methyl sites for hydroxylation is 1. The summed E-state index contributed by atoms with van der Waals surface area (Å²) >= 11 is 4.99. The number of carbonyl (C=O) groups is 1. The van der Waals surface area contributed by atoms with Gasteiger partial charge in [-0.15, -0.1) is 4.58 Å². The lowest BCUT2D eigenvalue weighted by Crippen LogP contribution is -2.18. The first-order valence-corrected chi connectivity index (χ1v) is 16.3. The Labute approximate surface area is 236 Å². The van der Waals surface area contributed by atoms with Gasteiger partial charge in [0.15, 0.2) is 6.54 Å². The summed E-state index contributed by atoms with van der Waals surface area (Å²) in [5.41, 5.74) is 2.21. The summed E-state index contributed by atoms with van der Waals surface area (Å²) in [5, 5.41) is 3.71. The average Bonchev–Trinajstić information content (AvgIpc) is 3.43. The lowest BCUT2D eigenvalue weighted by atomic mass is 10.1. The van der Waals surface area contributed by atoms with Gasteiger partial charge in [0.25, 0.3) is 4.38 Å². The maximum absolute atomic E-state index is 12.6. The highest BCUT2D eigenvalue weighted by atomic mass is 32.2. The molecule has 0 spiro atoms. The zero-order chi connectivity index (χ0) is 27.4. The van der Waals surface area contributed by atoms with Gasteiger partial charge >= 0.3 is 5.91 Å². The average molecular weight is 585 g/mol. The van der Waals surface area contributed by atoms with E-state index in [1.807, 2.05) is 30.8 Å². The van der Waals surface area contributed by atoms with Crippen molar-refractivity contribution in [1.82, 2.24) is 0 Å². The zero-order valence-corrected chi connectivity index (χ0v) is 24.8. The van der Waals surface area contributed by atoms with E-state index in [1.54, 1.807) is 47.4 Å². The molecule has 0 N–H and O–H groups in total. The van der Waals surface area contributed by atoms with Crippen molar-refractivity contribution >= 4 is 72.1 Å². The molecule has 2 aliphatic rings. The van der Waals surface area contributed by atoms with Crippen molar-refractivity contribution in [1.29, 1.82) is 0 Å². The number of rotatable bonds is 4. The van der Waals surface area contributed by atoms with Gasteiger partial charge in [-0.3, -0.25) is 0 Å². The number of allylic oxidation sites excluding steroid dienone is 2. The molecule has 0 aliphatic carbocycles. The van der Waals surface area contributed by atoms with Crippen molar-refractivity contribution in [2.75, 3.05) is 24.2 Å². The zero-order valence-electron chi connectivity index (χ0n) is 21.5. The quantitative estimate of drug-likeness (QED) is 0.197. The van der Waals surface area contributed by atoms with Crippen LogP contribution in [0.1, 0.15) is 19.4 Å². The summed E-state index contributed by atoms with van der Waals surface area (Å²) in [7, 11) is -4.27. The number of benzene rings is 3. The van der Waals surface area contributed by atoms with Gasteiger partial charge in [0.05, 0.1) is 15.6 Å². The van der Waals surface area contributed by atoms with Crippen molar-refractivity contribution in [3.8, 4) is 0 Å². The second-order valence-electron chi connectivity index (χ2n) is 8.40. The fraction of sp³-hybridized carbons (Fsp3) is 0.214. The Balaban J connectivity index is 0.000000257. The summed E-state index contributed by atoms with van der Waals surface area (Å²) < 4.78 is 34.1. The molecule has 0 unspecified atom stereocenters. The van der Waals surface area contributed by atoms with Gasteiger partial charge in [-0.1, -0.05) is 71.6 Å². The molecule has 0 saturated carbocycles. The molecule has 0 bridgehead atoms. The highest BCUT2D eigenvalue weighted by molar-refractivity contribution is 8.40. The van der Waals surface area contributed by atoms with Gasteiger partial charge in [-0.25, -0.2) is 13.2 Å². The minimum absolute atomic E-state index is 0.109. The van der Waals surface area contributed by atoms with E-state index in [0.29, 0.717) is 6.54 Å². The molecule has 0 saturated heterocycles. The molecule has 1 amide bonds.